The van der Waals surface area contributed by atoms with Gasteiger partial charge >= 0.3 is 0 Å². The van der Waals surface area contributed by atoms with Crippen molar-refractivity contribution in [3.8, 4) is 11.5 Å². The molecule has 3 aromatic rings. The van der Waals surface area contributed by atoms with Crippen LogP contribution in [0.15, 0.2) is 64.2 Å². The van der Waals surface area contributed by atoms with Crippen LogP contribution in [-0.2, 0) is 6.61 Å². The average Bonchev–Trinajstić information content (AvgIpc) is 2.74. The zero-order valence-corrected chi connectivity index (χ0v) is 20.7. The minimum absolute atomic E-state index is 0.242. The number of ether oxygens (including phenoxy) is 2. The zero-order chi connectivity index (χ0) is 23.1. The monoisotopic (exact) mass is 554 g/mol. The standard InChI is InChI=1S/C23H18BrCl3N2O3/c1-2-31-21-10-14(12-28-29-23(30)17-8-7-16(25)11-20(17)27)9-18(24)22(21)32-13-15-5-3-4-6-19(15)26/h3-12H,2,13H2,1H3,(H,29,30)/b28-12-. The van der Waals surface area contributed by atoms with Gasteiger partial charge < -0.3 is 9.47 Å². The van der Waals surface area contributed by atoms with Gasteiger partial charge in [-0.3, -0.25) is 4.79 Å². The zero-order valence-electron chi connectivity index (χ0n) is 16.9. The quantitative estimate of drug-likeness (QED) is 0.237. The molecule has 1 amide bonds. The molecule has 0 atom stereocenters. The summed E-state index contributed by atoms with van der Waals surface area (Å²) in [4.78, 5) is 12.3. The SMILES string of the molecule is CCOc1cc(/C=N\NC(=O)c2ccc(Cl)cc2Cl)cc(Br)c1OCc1ccccc1Cl. The predicted octanol–water partition coefficient (Wildman–Crippen LogP) is 7.15. The first kappa shape index (κ1) is 24.4. The largest absolute Gasteiger partial charge is 0.490 e. The Balaban J connectivity index is 1.74. The van der Waals surface area contributed by atoms with Crippen molar-refractivity contribution in [3.05, 3.63) is 90.8 Å². The van der Waals surface area contributed by atoms with Crippen LogP contribution in [0.5, 0.6) is 11.5 Å². The molecule has 0 bridgehead atoms. The van der Waals surface area contributed by atoms with Crippen molar-refractivity contribution in [1.82, 2.24) is 5.43 Å². The number of carbonyl (C=O) groups excluding carboxylic acids is 1. The molecular weight excluding hydrogens is 539 g/mol. The first-order valence-corrected chi connectivity index (χ1v) is 11.4. The summed E-state index contributed by atoms with van der Waals surface area (Å²) in [5.74, 6) is 0.620. The molecule has 0 aliphatic rings. The van der Waals surface area contributed by atoms with Crippen LogP contribution < -0.4 is 14.9 Å². The summed E-state index contributed by atoms with van der Waals surface area (Å²) >= 11 is 21.6. The van der Waals surface area contributed by atoms with E-state index in [0.717, 1.165) is 5.56 Å². The van der Waals surface area contributed by atoms with Gasteiger partial charge in [-0.25, -0.2) is 5.43 Å². The van der Waals surface area contributed by atoms with Crippen LogP contribution in [0, 0.1) is 0 Å². The summed E-state index contributed by atoms with van der Waals surface area (Å²) in [6.07, 6.45) is 1.49. The molecule has 0 fully saturated rings. The Morgan fingerprint density at radius 1 is 1.06 bits per heavy atom. The Morgan fingerprint density at radius 2 is 1.84 bits per heavy atom. The van der Waals surface area contributed by atoms with E-state index in [4.69, 9.17) is 44.3 Å². The number of benzene rings is 3. The van der Waals surface area contributed by atoms with Gasteiger partial charge in [-0.15, -0.1) is 0 Å². The fourth-order valence-corrected chi connectivity index (χ4v) is 3.99. The van der Waals surface area contributed by atoms with Crippen molar-refractivity contribution in [1.29, 1.82) is 0 Å². The molecule has 0 radical (unpaired) electrons. The molecule has 0 saturated heterocycles. The van der Waals surface area contributed by atoms with Gasteiger partial charge in [0, 0.05) is 15.6 Å². The van der Waals surface area contributed by atoms with Crippen LogP contribution in [0.4, 0.5) is 0 Å². The summed E-state index contributed by atoms with van der Waals surface area (Å²) in [5.41, 5.74) is 4.27. The molecule has 5 nitrogen and oxygen atoms in total. The van der Waals surface area contributed by atoms with Crippen molar-refractivity contribution in [3.63, 3.8) is 0 Å². The number of carbonyl (C=O) groups is 1. The van der Waals surface area contributed by atoms with Crippen molar-refractivity contribution in [2.45, 2.75) is 13.5 Å². The lowest BCUT2D eigenvalue weighted by molar-refractivity contribution is 0.0955. The van der Waals surface area contributed by atoms with Crippen LogP contribution in [0.2, 0.25) is 15.1 Å². The Hall–Kier alpha value is -2.25. The third-order valence-electron chi connectivity index (χ3n) is 4.22. The highest BCUT2D eigenvalue weighted by Crippen LogP contribution is 2.37. The third-order valence-corrected chi connectivity index (χ3v) is 5.72. The third kappa shape index (κ3) is 6.39. The number of hydrogen-bond acceptors (Lipinski definition) is 4. The average molecular weight is 557 g/mol. The molecule has 0 saturated carbocycles. The lowest BCUT2D eigenvalue weighted by atomic mass is 10.2. The summed E-state index contributed by atoms with van der Waals surface area (Å²) in [6, 6.07) is 15.6. The lowest BCUT2D eigenvalue weighted by Gasteiger charge is -2.15. The Morgan fingerprint density at radius 3 is 2.56 bits per heavy atom. The van der Waals surface area contributed by atoms with Crippen LogP contribution in [0.1, 0.15) is 28.4 Å². The van der Waals surface area contributed by atoms with E-state index in [2.05, 4.69) is 26.5 Å². The fourth-order valence-electron chi connectivity index (χ4n) is 2.73. The van der Waals surface area contributed by atoms with Gasteiger partial charge in [-0.1, -0.05) is 53.0 Å². The normalized spacial score (nSPS) is 10.9. The maximum Gasteiger partial charge on any atom is 0.272 e. The van der Waals surface area contributed by atoms with E-state index in [-0.39, 0.29) is 17.2 Å². The minimum Gasteiger partial charge on any atom is -0.490 e. The van der Waals surface area contributed by atoms with Gasteiger partial charge in [0.05, 0.1) is 27.9 Å². The number of hydrazone groups is 1. The maximum absolute atomic E-state index is 12.3. The van der Waals surface area contributed by atoms with Gasteiger partial charge in [-0.05, 0) is 64.8 Å². The second kappa shape index (κ2) is 11.6. The predicted molar refractivity (Wildman–Crippen MR) is 133 cm³/mol. The minimum atomic E-state index is -0.452. The number of amides is 1. The van der Waals surface area contributed by atoms with Crippen LogP contribution >= 0.6 is 50.7 Å². The second-order valence-electron chi connectivity index (χ2n) is 6.47. The van der Waals surface area contributed by atoms with E-state index in [0.29, 0.717) is 38.2 Å². The van der Waals surface area contributed by atoms with Gasteiger partial charge in [0.2, 0.25) is 0 Å². The van der Waals surface area contributed by atoms with E-state index >= 15 is 0 Å². The van der Waals surface area contributed by atoms with Crippen LogP contribution in [0.25, 0.3) is 0 Å². The van der Waals surface area contributed by atoms with Crippen molar-refractivity contribution in [2.75, 3.05) is 6.61 Å². The van der Waals surface area contributed by atoms with Gasteiger partial charge in [-0.2, -0.15) is 5.10 Å². The van der Waals surface area contributed by atoms with Crippen molar-refractivity contribution < 1.29 is 14.3 Å². The van der Waals surface area contributed by atoms with E-state index in [9.17, 15) is 4.79 Å². The number of nitrogens with zero attached hydrogens (tertiary/aromatic N) is 1. The highest BCUT2D eigenvalue weighted by atomic mass is 79.9. The van der Waals surface area contributed by atoms with Crippen LogP contribution in [0.3, 0.4) is 0 Å². The Bertz CT molecular complexity index is 1160. The molecule has 0 aliphatic heterocycles. The number of hydrogen-bond donors (Lipinski definition) is 1. The van der Waals surface area contributed by atoms with Gasteiger partial charge in [0.15, 0.2) is 11.5 Å². The van der Waals surface area contributed by atoms with Gasteiger partial charge in [0.1, 0.15) is 6.61 Å². The van der Waals surface area contributed by atoms with Crippen molar-refractivity contribution in [2.24, 2.45) is 5.10 Å². The van der Waals surface area contributed by atoms with E-state index in [1.165, 1.54) is 18.3 Å². The molecule has 9 heteroatoms. The maximum atomic E-state index is 12.3. The molecule has 0 aromatic heterocycles. The molecule has 3 rings (SSSR count). The molecule has 0 aliphatic carbocycles. The number of halogens is 4. The first-order chi connectivity index (χ1) is 15.4. The Labute approximate surface area is 209 Å². The summed E-state index contributed by atoms with van der Waals surface area (Å²) in [6.45, 7) is 2.60. The van der Waals surface area contributed by atoms with E-state index < -0.39 is 5.91 Å². The number of nitrogens with one attached hydrogen (secondary N) is 1. The molecule has 0 heterocycles. The Kier molecular flexibility index (Phi) is 8.82. The molecule has 0 spiro atoms. The first-order valence-electron chi connectivity index (χ1n) is 9.50. The van der Waals surface area contributed by atoms with Crippen LogP contribution in [-0.4, -0.2) is 18.7 Å². The molecule has 3 aromatic carbocycles. The smallest absolute Gasteiger partial charge is 0.272 e. The van der Waals surface area contributed by atoms with E-state index in [1.807, 2.05) is 31.2 Å². The molecule has 32 heavy (non-hydrogen) atoms. The second-order valence-corrected chi connectivity index (χ2v) is 8.57. The fraction of sp³-hybridized carbons (Fsp3) is 0.130. The summed E-state index contributed by atoms with van der Waals surface area (Å²) in [7, 11) is 0. The summed E-state index contributed by atoms with van der Waals surface area (Å²) in [5, 5.41) is 5.32. The molecule has 166 valence electrons. The molecular formula is C23H18BrCl3N2O3. The van der Waals surface area contributed by atoms with Crippen molar-refractivity contribution >= 4 is 62.9 Å². The lowest BCUT2D eigenvalue weighted by Crippen LogP contribution is -2.18. The topological polar surface area (TPSA) is 59.9 Å². The summed E-state index contributed by atoms with van der Waals surface area (Å²) < 4.78 is 12.4. The van der Waals surface area contributed by atoms with E-state index in [1.54, 1.807) is 18.2 Å². The van der Waals surface area contributed by atoms with Gasteiger partial charge in [0.25, 0.3) is 5.91 Å². The molecule has 1 N–H and O–H groups in total. The highest BCUT2D eigenvalue weighted by molar-refractivity contribution is 9.10. The highest BCUT2D eigenvalue weighted by Gasteiger charge is 2.14. The molecule has 0 unspecified atom stereocenters. The number of rotatable bonds is 8.